The molecule has 1 aliphatic heterocycles. The number of aryl methyl sites for hydroxylation is 1. The number of benzene rings is 2. The van der Waals surface area contributed by atoms with Crippen molar-refractivity contribution in [1.29, 1.82) is 0 Å². The minimum atomic E-state index is -0.641. The number of rotatable bonds is 4. The standard InChI is InChI=1S/C32H38N2O4S/c1-10-38-29(37)25-19(3)33-30-34(26(25)21-13-11-18(2)12-14-21)28(36)24(39-30)17-20-15-22(31(4,5)6)27(35)23(16-20)32(7,8)9/h11-17,26,35H,10H2,1-9H3/b24-17-/t26-/m0/s1. The summed E-state index contributed by atoms with van der Waals surface area (Å²) in [5.41, 5.74) is 4.50. The van der Waals surface area contributed by atoms with Gasteiger partial charge in [-0.1, -0.05) is 82.7 Å². The Kier molecular flexibility index (Phi) is 7.52. The van der Waals surface area contributed by atoms with Crippen LogP contribution in [-0.4, -0.2) is 22.2 Å². The zero-order valence-corrected chi connectivity index (χ0v) is 25.1. The lowest BCUT2D eigenvalue weighted by Crippen LogP contribution is -2.39. The number of phenols is 1. The van der Waals surface area contributed by atoms with Gasteiger partial charge in [-0.3, -0.25) is 9.36 Å². The largest absolute Gasteiger partial charge is 0.507 e. The zero-order valence-electron chi connectivity index (χ0n) is 24.3. The maximum atomic E-state index is 14.0. The highest BCUT2D eigenvalue weighted by Crippen LogP contribution is 2.40. The molecule has 206 valence electrons. The highest BCUT2D eigenvalue weighted by molar-refractivity contribution is 7.07. The Labute approximate surface area is 234 Å². The average Bonchev–Trinajstić information content (AvgIpc) is 3.12. The van der Waals surface area contributed by atoms with Crippen LogP contribution in [0.15, 0.2) is 57.5 Å². The molecule has 0 saturated heterocycles. The van der Waals surface area contributed by atoms with Gasteiger partial charge in [0.1, 0.15) is 5.75 Å². The molecule has 0 bridgehead atoms. The summed E-state index contributed by atoms with van der Waals surface area (Å²) < 4.78 is 7.50. The molecule has 0 radical (unpaired) electrons. The molecular weight excluding hydrogens is 508 g/mol. The van der Waals surface area contributed by atoms with Crippen LogP contribution in [0.5, 0.6) is 5.75 Å². The maximum absolute atomic E-state index is 14.0. The molecule has 0 amide bonds. The molecule has 1 N–H and O–H groups in total. The summed E-state index contributed by atoms with van der Waals surface area (Å²) in [6, 6.07) is 11.1. The average molecular weight is 547 g/mol. The number of phenolic OH excluding ortho intramolecular Hbond substituents is 1. The van der Waals surface area contributed by atoms with Crippen molar-refractivity contribution in [2.75, 3.05) is 6.61 Å². The predicted molar refractivity (Wildman–Crippen MR) is 157 cm³/mol. The van der Waals surface area contributed by atoms with Crippen LogP contribution in [0.25, 0.3) is 6.08 Å². The maximum Gasteiger partial charge on any atom is 0.338 e. The third kappa shape index (κ3) is 5.50. The predicted octanol–water partition coefficient (Wildman–Crippen LogP) is 5.41. The molecule has 7 heteroatoms. The summed E-state index contributed by atoms with van der Waals surface area (Å²) in [5.74, 6) is -0.176. The summed E-state index contributed by atoms with van der Waals surface area (Å²) >= 11 is 1.30. The first-order valence-corrected chi connectivity index (χ1v) is 14.1. The number of thiazole rings is 1. The fourth-order valence-corrected chi connectivity index (χ4v) is 5.94. The number of carbonyl (C=O) groups is 1. The Bertz CT molecular complexity index is 1610. The van der Waals surface area contributed by atoms with Gasteiger partial charge in [0.15, 0.2) is 4.80 Å². The molecule has 1 aliphatic rings. The third-order valence-corrected chi connectivity index (χ3v) is 7.94. The van der Waals surface area contributed by atoms with Crippen molar-refractivity contribution in [2.24, 2.45) is 4.99 Å². The fourth-order valence-electron chi connectivity index (χ4n) is 4.89. The first-order chi connectivity index (χ1) is 18.1. The Hall–Kier alpha value is -3.45. The van der Waals surface area contributed by atoms with Gasteiger partial charge < -0.3 is 9.84 Å². The van der Waals surface area contributed by atoms with E-state index in [1.54, 1.807) is 18.4 Å². The number of aromatic nitrogens is 1. The first kappa shape index (κ1) is 28.6. The summed E-state index contributed by atoms with van der Waals surface area (Å²) in [5, 5.41) is 11.1. The fraction of sp³-hybridized carbons (Fsp3) is 0.406. The molecule has 0 fully saturated rings. The lowest BCUT2D eigenvalue weighted by Gasteiger charge is -2.27. The Balaban J connectivity index is 1.99. The number of carbonyl (C=O) groups excluding carboxylic acids is 1. The molecule has 4 rings (SSSR count). The van der Waals surface area contributed by atoms with Crippen LogP contribution < -0.4 is 14.9 Å². The second kappa shape index (κ2) is 10.3. The molecule has 0 unspecified atom stereocenters. The summed E-state index contributed by atoms with van der Waals surface area (Å²) in [6.45, 7) is 18.2. The topological polar surface area (TPSA) is 80.9 Å². The van der Waals surface area contributed by atoms with Crippen LogP contribution in [0, 0.1) is 6.92 Å². The van der Waals surface area contributed by atoms with Gasteiger partial charge in [0.05, 0.1) is 28.5 Å². The number of esters is 1. The quantitative estimate of drug-likeness (QED) is 0.444. The number of hydrogen-bond donors (Lipinski definition) is 1. The van der Waals surface area contributed by atoms with Gasteiger partial charge in [-0.15, -0.1) is 0 Å². The number of fused-ring (bicyclic) bond motifs is 1. The van der Waals surface area contributed by atoms with E-state index in [0.717, 1.165) is 27.8 Å². The van der Waals surface area contributed by atoms with Crippen LogP contribution >= 0.6 is 11.3 Å². The molecular formula is C32H38N2O4S. The number of ether oxygens (including phenoxy) is 1. The van der Waals surface area contributed by atoms with E-state index in [0.29, 0.717) is 26.4 Å². The van der Waals surface area contributed by atoms with E-state index < -0.39 is 12.0 Å². The molecule has 0 spiro atoms. The van der Waals surface area contributed by atoms with Crippen molar-refractivity contribution in [3.63, 3.8) is 0 Å². The van der Waals surface area contributed by atoms with E-state index in [1.165, 1.54) is 11.3 Å². The van der Waals surface area contributed by atoms with Gasteiger partial charge in [0, 0.05) is 11.1 Å². The number of aromatic hydroxyl groups is 1. The molecule has 2 aromatic carbocycles. The van der Waals surface area contributed by atoms with Gasteiger partial charge >= 0.3 is 5.97 Å². The van der Waals surface area contributed by atoms with Crippen LogP contribution in [0.2, 0.25) is 0 Å². The van der Waals surface area contributed by atoms with E-state index in [-0.39, 0.29) is 23.0 Å². The number of allylic oxidation sites excluding steroid dienone is 1. The van der Waals surface area contributed by atoms with Crippen molar-refractivity contribution in [3.05, 3.63) is 95.2 Å². The summed E-state index contributed by atoms with van der Waals surface area (Å²) in [4.78, 5) is 32.3. The smallest absolute Gasteiger partial charge is 0.338 e. The number of nitrogens with zero attached hydrogens (tertiary/aromatic N) is 2. The highest BCUT2D eigenvalue weighted by Gasteiger charge is 2.33. The Morgan fingerprint density at radius 1 is 1.05 bits per heavy atom. The molecule has 1 aromatic heterocycles. The monoisotopic (exact) mass is 546 g/mol. The van der Waals surface area contributed by atoms with Crippen molar-refractivity contribution >= 4 is 23.4 Å². The first-order valence-electron chi connectivity index (χ1n) is 13.3. The van der Waals surface area contributed by atoms with Gasteiger partial charge in [-0.25, -0.2) is 9.79 Å². The number of hydrogen-bond acceptors (Lipinski definition) is 6. The van der Waals surface area contributed by atoms with Crippen LogP contribution in [0.1, 0.15) is 89.2 Å². The minimum Gasteiger partial charge on any atom is -0.507 e. The molecule has 1 atom stereocenters. The van der Waals surface area contributed by atoms with Gasteiger partial charge in [-0.05, 0) is 60.9 Å². The van der Waals surface area contributed by atoms with E-state index in [1.807, 2.05) is 49.4 Å². The third-order valence-electron chi connectivity index (χ3n) is 6.96. The van der Waals surface area contributed by atoms with E-state index in [4.69, 9.17) is 4.74 Å². The molecule has 3 aromatic rings. The van der Waals surface area contributed by atoms with Gasteiger partial charge in [-0.2, -0.15) is 0 Å². The van der Waals surface area contributed by atoms with Crippen molar-refractivity contribution in [3.8, 4) is 5.75 Å². The normalized spacial score (nSPS) is 16.2. The molecule has 0 aliphatic carbocycles. The molecule has 39 heavy (non-hydrogen) atoms. The lowest BCUT2D eigenvalue weighted by atomic mass is 9.78. The van der Waals surface area contributed by atoms with Crippen molar-refractivity contribution in [1.82, 2.24) is 4.57 Å². The second-order valence-corrected chi connectivity index (χ2v) is 13.2. The van der Waals surface area contributed by atoms with E-state index in [9.17, 15) is 14.7 Å². The summed E-state index contributed by atoms with van der Waals surface area (Å²) in [7, 11) is 0. The van der Waals surface area contributed by atoms with Crippen LogP contribution in [0.3, 0.4) is 0 Å². The highest BCUT2D eigenvalue weighted by atomic mass is 32.1. The van der Waals surface area contributed by atoms with Gasteiger partial charge in [0.25, 0.3) is 5.56 Å². The minimum absolute atomic E-state index is 0.221. The van der Waals surface area contributed by atoms with Gasteiger partial charge in [0.2, 0.25) is 0 Å². The Morgan fingerprint density at radius 2 is 1.62 bits per heavy atom. The SMILES string of the molecule is CCOC(=O)C1=C(C)N=c2s/c(=C\c3cc(C(C)(C)C)c(O)c(C(C)(C)C)c3)c(=O)n2[C@H]1c1ccc(C)cc1. The van der Waals surface area contributed by atoms with Crippen molar-refractivity contribution in [2.45, 2.75) is 79.2 Å². The lowest BCUT2D eigenvalue weighted by molar-refractivity contribution is -0.139. The Morgan fingerprint density at radius 3 is 2.13 bits per heavy atom. The molecule has 0 saturated carbocycles. The van der Waals surface area contributed by atoms with Crippen LogP contribution in [-0.2, 0) is 20.4 Å². The van der Waals surface area contributed by atoms with Crippen LogP contribution in [0.4, 0.5) is 0 Å². The van der Waals surface area contributed by atoms with Crippen molar-refractivity contribution < 1.29 is 14.6 Å². The van der Waals surface area contributed by atoms with E-state index in [2.05, 4.69) is 46.5 Å². The molecule has 6 nitrogen and oxygen atoms in total. The molecule has 2 heterocycles. The van der Waals surface area contributed by atoms with E-state index >= 15 is 0 Å². The second-order valence-electron chi connectivity index (χ2n) is 12.2. The summed E-state index contributed by atoms with van der Waals surface area (Å²) in [6.07, 6.45) is 1.86. The zero-order chi connectivity index (χ0) is 28.9.